The Labute approximate surface area is 158 Å². The highest BCUT2D eigenvalue weighted by Crippen LogP contribution is 2.20. The molecule has 0 bridgehead atoms. The van der Waals surface area contributed by atoms with Crippen LogP contribution in [0.5, 0.6) is 0 Å². The lowest BCUT2D eigenvalue weighted by Gasteiger charge is -2.28. The molecule has 0 aliphatic carbocycles. The fourth-order valence-electron chi connectivity index (χ4n) is 3.38. The molecule has 27 heavy (non-hydrogen) atoms. The van der Waals surface area contributed by atoms with Gasteiger partial charge in [-0.1, -0.05) is 6.07 Å². The maximum absolute atomic E-state index is 12.6. The van der Waals surface area contributed by atoms with Gasteiger partial charge in [-0.25, -0.2) is 0 Å². The molecule has 1 aliphatic heterocycles. The van der Waals surface area contributed by atoms with Crippen LogP contribution in [-0.2, 0) is 9.59 Å². The molecule has 9 heteroatoms. The summed E-state index contributed by atoms with van der Waals surface area (Å²) < 4.78 is 0. The number of rotatable bonds is 7. The van der Waals surface area contributed by atoms with Crippen LogP contribution in [0.1, 0.15) is 26.2 Å². The Morgan fingerprint density at radius 1 is 1.41 bits per heavy atom. The molecule has 1 heterocycles. The van der Waals surface area contributed by atoms with Crippen LogP contribution in [0.25, 0.3) is 0 Å². The Hall–Kier alpha value is -2.52. The molecule has 2 unspecified atom stereocenters. The molecule has 0 saturated carbocycles. The number of nitro groups is 1. The Morgan fingerprint density at radius 2 is 2.15 bits per heavy atom. The fourth-order valence-corrected chi connectivity index (χ4v) is 3.38. The van der Waals surface area contributed by atoms with E-state index in [1.807, 2.05) is 18.9 Å². The first-order valence-electron chi connectivity index (χ1n) is 8.99. The molecule has 9 nitrogen and oxygen atoms in total. The van der Waals surface area contributed by atoms with Gasteiger partial charge >= 0.3 is 5.97 Å². The van der Waals surface area contributed by atoms with Crippen LogP contribution in [0.4, 0.5) is 11.4 Å². The summed E-state index contributed by atoms with van der Waals surface area (Å²) in [5, 5.41) is 22.5. The normalized spacial score (nSPS) is 19.3. The second kappa shape index (κ2) is 9.43. The van der Waals surface area contributed by atoms with E-state index in [4.69, 9.17) is 5.11 Å². The van der Waals surface area contributed by atoms with Gasteiger partial charge < -0.3 is 10.4 Å². The van der Waals surface area contributed by atoms with Gasteiger partial charge in [-0.3, -0.25) is 29.5 Å². The zero-order chi connectivity index (χ0) is 20.0. The first-order valence-corrected chi connectivity index (χ1v) is 8.99. The second-order valence-corrected chi connectivity index (χ2v) is 6.90. The largest absolute Gasteiger partial charge is 0.480 e. The van der Waals surface area contributed by atoms with Crippen molar-refractivity contribution in [2.45, 2.75) is 38.3 Å². The van der Waals surface area contributed by atoms with E-state index in [0.717, 1.165) is 25.8 Å². The van der Waals surface area contributed by atoms with E-state index in [1.165, 1.54) is 18.2 Å². The van der Waals surface area contributed by atoms with Crippen LogP contribution < -0.4 is 5.32 Å². The molecule has 1 aliphatic rings. The molecule has 1 saturated heterocycles. The number of carboxylic acids is 1. The van der Waals surface area contributed by atoms with Crippen LogP contribution in [-0.4, -0.2) is 70.5 Å². The van der Waals surface area contributed by atoms with Crippen molar-refractivity contribution in [1.29, 1.82) is 0 Å². The lowest BCUT2D eigenvalue weighted by atomic mass is 10.1. The number of aliphatic carboxylic acids is 1. The van der Waals surface area contributed by atoms with Crippen LogP contribution in [0.2, 0.25) is 0 Å². The number of carbonyl (C=O) groups is 2. The van der Waals surface area contributed by atoms with Gasteiger partial charge in [0, 0.05) is 30.4 Å². The van der Waals surface area contributed by atoms with E-state index in [2.05, 4.69) is 10.2 Å². The van der Waals surface area contributed by atoms with Crippen molar-refractivity contribution >= 4 is 23.3 Å². The standard InChI is InChI=1S/C18H26N4O5/c1-13(18(25)19-14-5-3-6-16(11-14)22(26)27)21-9-4-7-15(8-10-21)20(2)12-17(23)24/h3,5-6,11,13,15H,4,7-10,12H2,1-2H3,(H,19,25)(H,23,24). The van der Waals surface area contributed by atoms with Gasteiger partial charge in [0.25, 0.3) is 5.69 Å². The number of nitrogens with zero attached hydrogens (tertiary/aromatic N) is 3. The lowest BCUT2D eigenvalue weighted by molar-refractivity contribution is -0.384. The van der Waals surface area contributed by atoms with Gasteiger partial charge in [0.2, 0.25) is 5.91 Å². The van der Waals surface area contributed by atoms with E-state index in [9.17, 15) is 19.7 Å². The third-order valence-corrected chi connectivity index (χ3v) is 4.99. The Bertz CT molecular complexity index is 696. The number of carboxylic acid groups (broad SMARTS) is 1. The topological polar surface area (TPSA) is 116 Å². The van der Waals surface area contributed by atoms with Crippen molar-refractivity contribution in [1.82, 2.24) is 9.80 Å². The van der Waals surface area contributed by atoms with E-state index in [1.54, 1.807) is 6.07 Å². The number of nitrogens with one attached hydrogen (secondary N) is 1. The van der Waals surface area contributed by atoms with Gasteiger partial charge in [0.15, 0.2) is 0 Å². The monoisotopic (exact) mass is 378 g/mol. The summed E-state index contributed by atoms with van der Waals surface area (Å²) in [7, 11) is 1.81. The minimum absolute atomic E-state index is 0.00743. The van der Waals surface area contributed by atoms with Crippen LogP contribution in [0.15, 0.2) is 24.3 Å². The highest BCUT2D eigenvalue weighted by atomic mass is 16.6. The smallest absolute Gasteiger partial charge is 0.317 e. The molecule has 148 valence electrons. The van der Waals surface area contributed by atoms with Gasteiger partial charge in [-0.15, -0.1) is 0 Å². The highest BCUT2D eigenvalue weighted by molar-refractivity contribution is 5.94. The lowest BCUT2D eigenvalue weighted by Crippen LogP contribution is -2.43. The van der Waals surface area contributed by atoms with Crippen LogP contribution in [0, 0.1) is 10.1 Å². The molecule has 2 rings (SSSR count). The SMILES string of the molecule is CC(C(=O)Nc1cccc([N+](=O)[O-])c1)N1CCCC(N(C)CC(=O)O)CC1. The second-order valence-electron chi connectivity index (χ2n) is 6.90. The van der Waals surface area contributed by atoms with E-state index in [0.29, 0.717) is 12.2 Å². The Balaban J connectivity index is 1.93. The summed E-state index contributed by atoms with van der Waals surface area (Å²) in [6, 6.07) is 5.67. The summed E-state index contributed by atoms with van der Waals surface area (Å²) in [5.74, 6) is -1.06. The summed E-state index contributed by atoms with van der Waals surface area (Å²) in [5.41, 5.74) is 0.328. The number of amides is 1. The first-order chi connectivity index (χ1) is 12.8. The third-order valence-electron chi connectivity index (χ3n) is 4.99. The molecular weight excluding hydrogens is 352 g/mol. The van der Waals surface area contributed by atoms with Gasteiger partial charge in [0.05, 0.1) is 17.5 Å². The van der Waals surface area contributed by atoms with Crippen molar-refractivity contribution in [3.8, 4) is 0 Å². The van der Waals surface area contributed by atoms with Crippen LogP contribution >= 0.6 is 0 Å². The average molecular weight is 378 g/mol. The van der Waals surface area contributed by atoms with Crippen molar-refractivity contribution in [2.24, 2.45) is 0 Å². The summed E-state index contributed by atoms with van der Waals surface area (Å²) in [6.07, 6.45) is 2.56. The molecular formula is C18H26N4O5. The van der Waals surface area contributed by atoms with Gasteiger partial charge in [0.1, 0.15) is 0 Å². The molecule has 2 N–H and O–H groups in total. The molecule has 1 amide bonds. The number of nitro benzene ring substituents is 1. The number of hydrogen-bond acceptors (Lipinski definition) is 6. The molecule has 1 fully saturated rings. The zero-order valence-corrected chi connectivity index (χ0v) is 15.6. The quantitative estimate of drug-likeness (QED) is 0.549. The minimum Gasteiger partial charge on any atom is -0.480 e. The van der Waals surface area contributed by atoms with Crippen molar-refractivity contribution in [3.63, 3.8) is 0 Å². The predicted molar refractivity (Wildman–Crippen MR) is 101 cm³/mol. The zero-order valence-electron chi connectivity index (χ0n) is 15.6. The number of carbonyl (C=O) groups excluding carboxylic acids is 1. The van der Waals surface area contributed by atoms with E-state index in [-0.39, 0.29) is 30.2 Å². The highest BCUT2D eigenvalue weighted by Gasteiger charge is 2.27. The van der Waals surface area contributed by atoms with Crippen molar-refractivity contribution in [3.05, 3.63) is 34.4 Å². The minimum atomic E-state index is -0.844. The van der Waals surface area contributed by atoms with E-state index < -0.39 is 10.9 Å². The maximum atomic E-state index is 12.6. The third kappa shape index (κ3) is 6.00. The summed E-state index contributed by atoms with van der Waals surface area (Å²) >= 11 is 0. The number of benzene rings is 1. The molecule has 0 radical (unpaired) electrons. The maximum Gasteiger partial charge on any atom is 0.317 e. The van der Waals surface area contributed by atoms with Gasteiger partial charge in [-0.05, 0) is 45.8 Å². The molecule has 1 aromatic carbocycles. The van der Waals surface area contributed by atoms with Gasteiger partial charge in [-0.2, -0.15) is 0 Å². The number of anilines is 1. The molecule has 0 aromatic heterocycles. The number of likely N-dealkylation sites (tertiary alicyclic amines) is 1. The average Bonchev–Trinajstić information content (AvgIpc) is 2.87. The number of non-ortho nitro benzene ring substituents is 1. The van der Waals surface area contributed by atoms with E-state index >= 15 is 0 Å². The fraction of sp³-hybridized carbons (Fsp3) is 0.556. The van der Waals surface area contributed by atoms with Crippen molar-refractivity contribution < 1.29 is 19.6 Å². The Kier molecular flexibility index (Phi) is 7.26. The molecule has 1 aromatic rings. The number of hydrogen-bond donors (Lipinski definition) is 2. The summed E-state index contributed by atoms with van der Waals surface area (Å²) in [6.45, 7) is 3.26. The Morgan fingerprint density at radius 3 is 2.81 bits per heavy atom. The number of likely N-dealkylation sites (N-methyl/N-ethyl adjacent to an activating group) is 1. The van der Waals surface area contributed by atoms with Crippen LogP contribution in [0.3, 0.4) is 0 Å². The van der Waals surface area contributed by atoms with Crippen molar-refractivity contribution in [2.75, 3.05) is 32.0 Å². The molecule has 2 atom stereocenters. The summed E-state index contributed by atoms with van der Waals surface area (Å²) in [4.78, 5) is 37.7. The predicted octanol–water partition coefficient (Wildman–Crippen LogP) is 1.79. The first kappa shape index (κ1) is 20.8. The molecule has 0 spiro atoms.